The highest BCUT2D eigenvalue weighted by molar-refractivity contribution is 6.20. The molecule has 7 aliphatic rings. The molecule has 8 rings (SSSR count). The summed E-state index contributed by atoms with van der Waals surface area (Å²) in [6.07, 6.45) is 16.8. The molecule has 1 amide bonds. The lowest BCUT2D eigenvalue weighted by Gasteiger charge is -2.61. The van der Waals surface area contributed by atoms with Crippen LogP contribution in [0.4, 0.5) is 4.39 Å². The van der Waals surface area contributed by atoms with Crippen molar-refractivity contribution in [3.63, 3.8) is 0 Å². The van der Waals surface area contributed by atoms with Gasteiger partial charge in [-0.1, -0.05) is 25.7 Å². The summed E-state index contributed by atoms with van der Waals surface area (Å²) in [6, 6.07) is -0.0618. The highest BCUT2D eigenvalue weighted by Gasteiger charge is 2.61. The number of carbonyl (C=O) groups excluding carboxylic acids is 2. The number of nitrogens with one attached hydrogen (secondary N) is 1. The standard InChI is InChI=1S/C35H49FN6O3/c1-40-13-4-7-24(40)8-10-39-35(44)26-20-42-29-15-21-5-2-3-6-22(21)16-30(29)45-34-31(42)25(33(26)43)17-27(36)32(34)41-14-9-23(19-41)28-18-37-11-12-38-28/h11-12,18,20-25,27,29-32,34H,2-10,13-17,19H2,1H3,(H,39,44)/t21?,22?,23?,24-,25?,27?,29?,30?,31?,32?,34?/m1/s1. The fraction of sp³-hybridized carbons (Fsp3) is 0.771. The number of halogens is 1. The quantitative estimate of drug-likeness (QED) is 0.484. The number of carbonyl (C=O) groups is 2. The first-order chi connectivity index (χ1) is 22.0. The lowest BCUT2D eigenvalue weighted by Crippen LogP contribution is -2.73. The van der Waals surface area contributed by atoms with Crippen LogP contribution in [0.1, 0.15) is 82.2 Å². The molecule has 0 aromatic carbocycles. The Morgan fingerprint density at radius 3 is 2.67 bits per heavy atom. The van der Waals surface area contributed by atoms with Crippen molar-refractivity contribution in [2.24, 2.45) is 17.8 Å². The first-order valence-corrected chi connectivity index (χ1v) is 17.8. The van der Waals surface area contributed by atoms with Gasteiger partial charge in [0, 0.05) is 55.8 Å². The SMILES string of the molecule is CN1CCC[C@@H]1CCNC(=O)C1=CN2C3CC4CCCCC4CC3OC3C(N4CCC(c5cnccn5)C4)C(F)CC(C1=O)C32. The Labute approximate surface area is 266 Å². The Morgan fingerprint density at radius 2 is 1.89 bits per heavy atom. The number of hydrogen-bond acceptors (Lipinski definition) is 8. The maximum absolute atomic E-state index is 16.5. The number of nitrogens with zero attached hydrogens (tertiary/aromatic N) is 5. The predicted octanol–water partition coefficient (Wildman–Crippen LogP) is 3.47. The number of hydrogen-bond donors (Lipinski definition) is 1. The third-order valence-electron chi connectivity index (χ3n) is 12.8. The van der Waals surface area contributed by atoms with E-state index in [4.69, 9.17) is 4.74 Å². The molecule has 6 fully saturated rings. The van der Waals surface area contributed by atoms with Gasteiger partial charge in [-0.25, -0.2) is 4.39 Å². The van der Waals surface area contributed by atoms with Crippen LogP contribution in [0, 0.1) is 17.8 Å². The average Bonchev–Trinajstić information content (AvgIpc) is 3.71. The molecule has 1 aromatic heterocycles. The van der Waals surface area contributed by atoms with Crippen LogP contribution in [0.25, 0.3) is 0 Å². The summed E-state index contributed by atoms with van der Waals surface area (Å²) < 4.78 is 23.6. The van der Waals surface area contributed by atoms with Gasteiger partial charge in [-0.05, 0) is 76.9 Å². The van der Waals surface area contributed by atoms with Gasteiger partial charge in [-0.15, -0.1) is 0 Å². The molecule has 4 aliphatic heterocycles. The van der Waals surface area contributed by atoms with Gasteiger partial charge in [0.1, 0.15) is 6.17 Å². The van der Waals surface area contributed by atoms with Gasteiger partial charge in [0.2, 0.25) is 0 Å². The van der Waals surface area contributed by atoms with Crippen molar-refractivity contribution in [1.29, 1.82) is 0 Å². The third-order valence-corrected chi connectivity index (χ3v) is 12.8. The van der Waals surface area contributed by atoms with E-state index in [0.29, 0.717) is 31.0 Å². The van der Waals surface area contributed by atoms with Gasteiger partial charge in [0.15, 0.2) is 5.78 Å². The molecule has 0 radical (unpaired) electrons. The summed E-state index contributed by atoms with van der Waals surface area (Å²) in [4.78, 5) is 43.5. The molecule has 11 atom stereocenters. The molecular weight excluding hydrogens is 571 g/mol. The van der Waals surface area contributed by atoms with Gasteiger partial charge in [0.05, 0.1) is 41.6 Å². The molecule has 1 N–H and O–H groups in total. The van der Waals surface area contributed by atoms with Crippen LogP contribution in [0.15, 0.2) is 30.4 Å². The molecule has 9 nitrogen and oxygen atoms in total. The van der Waals surface area contributed by atoms with Gasteiger partial charge < -0.3 is 19.9 Å². The second-order valence-electron chi connectivity index (χ2n) is 15.1. The van der Waals surface area contributed by atoms with Crippen molar-refractivity contribution in [2.45, 2.75) is 119 Å². The lowest BCUT2D eigenvalue weighted by atomic mass is 9.64. The van der Waals surface area contributed by atoms with E-state index in [-0.39, 0.29) is 47.8 Å². The number of Topliss-reactive ketones (excluding diaryl/α,β-unsaturated/α-hetero) is 1. The second-order valence-corrected chi connectivity index (χ2v) is 15.1. The normalized spacial score (nSPS) is 41.6. The van der Waals surface area contributed by atoms with E-state index in [1.807, 2.05) is 12.4 Å². The molecule has 0 spiro atoms. The van der Waals surface area contributed by atoms with E-state index in [1.165, 1.54) is 32.1 Å². The molecule has 244 valence electrons. The molecule has 0 bridgehead atoms. The van der Waals surface area contributed by atoms with Gasteiger partial charge in [-0.3, -0.25) is 24.5 Å². The largest absolute Gasteiger partial charge is 0.369 e. The van der Waals surface area contributed by atoms with E-state index in [9.17, 15) is 9.59 Å². The highest BCUT2D eigenvalue weighted by atomic mass is 19.1. The summed E-state index contributed by atoms with van der Waals surface area (Å²) in [6.45, 7) is 3.13. The summed E-state index contributed by atoms with van der Waals surface area (Å²) >= 11 is 0. The van der Waals surface area contributed by atoms with E-state index < -0.39 is 24.2 Å². The Morgan fingerprint density at radius 1 is 1.04 bits per heavy atom. The number of amides is 1. The Bertz CT molecular complexity index is 1300. The monoisotopic (exact) mass is 620 g/mol. The minimum absolute atomic E-state index is 0.0101. The number of aromatic nitrogens is 2. The van der Waals surface area contributed by atoms with Crippen LogP contribution in [-0.4, -0.2) is 112 Å². The fourth-order valence-electron chi connectivity index (χ4n) is 10.5. The number of ether oxygens (including phenoxy) is 1. The van der Waals surface area contributed by atoms with Crippen molar-refractivity contribution < 1.29 is 18.7 Å². The summed E-state index contributed by atoms with van der Waals surface area (Å²) in [5.74, 6) is 0.441. The van der Waals surface area contributed by atoms with Gasteiger partial charge >= 0.3 is 0 Å². The van der Waals surface area contributed by atoms with Crippen molar-refractivity contribution in [2.75, 3.05) is 33.2 Å². The van der Waals surface area contributed by atoms with Crippen LogP contribution in [0.3, 0.4) is 0 Å². The zero-order valence-electron chi connectivity index (χ0n) is 26.6. The van der Waals surface area contributed by atoms with Crippen molar-refractivity contribution in [3.05, 3.63) is 36.1 Å². The lowest BCUT2D eigenvalue weighted by molar-refractivity contribution is -0.219. The number of alkyl halides is 1. The Balaban J connectivity index is 1.07. The molecule has 45 heavy (non-hydrogen) atoms. The van der Waals surface area contributed by atoms with Crippen LogP contribution in [0.5, 0.6) is 0 Å². The van der Waals surface area contributed by atoms with E-state index in [0.717, 1.165) is 50.9 Å². The molecule has 10 unspecified atom stereocenters. The Hall–Kier alpha value is -2.43. The fourth-order valence-corrected chi connectivity index (χ4v) is 10.5. The molecular formula is C35H49FN6O3. The summed E-state index contributed by atoms with van der Waals surface area (Å²) in [5, 5.41) is 3.08. The summed E-state index contributed by atoms with van der Waals surface area (Å²) in [5.41, 5.74) is 1.17. The number of ketones is 1. The maximum Gasteiger partial charge on any atom is 0.256 e. The van der Waals surface area contributed by atoms with E-state index >= 15 is 4.39 Å². The van der Waals surface area contributed by atoms with Crippen molar-refractivity contribution >= 4 is 11.7 Å². The second kappa shape index (κ2) is 12.3. The van der Waals surface area contributed by atoms with E-state index in [2.05, 4.69) is 37.0 Å². The number of fused-ring (bicyclic) bond motifs is 3. The third kappa shape index (κ3) is 5.42. The van der Waals surface area contributed by atoms with Crippen LogP contribution in [-0.2, 0) is 14.3 Å². The predicted molar refractivity (Wildman–Crippen MR) is 167 cm³/mol. The molecule has 1 aromatic rings. The number of likely N-dealkylation sites (tertiary alicyclic amines) is 2. The van der Waals surface area contributed by atoms with Gasteiger partial charge in [-0.2, -0.15) is 0 Å². The maximum atomic E-state index is 16.5. The van der Waals surface area contributed by atoms with Crippen LogP contribution >= 0.6 is 0 Å². The minimum atomic E-state index is -1.20. The number of rotatable bonds is 6. The number of morpholine rings is 1. The molecule has 10 heteroatoms. The molecule has 5 heterocycles. The first kappa shape index (κ1) is 29.9. The highest BCUT2D eigenvalue weighted by Crippen LogP contribution is 2.51. The molecule has 3 aliphatic carbocycles. The minimum Gasteiger partial charge on any atom is -0.369 e. The Kier molecular flexibility index (Phi) is 8.19. The molecule has 3 saturated heterocycles. The first-order valence-electron chi connectivity index (χ1n) is 17.8. The molecule has 3 saturated carbocycles. The zero-order chi connectivity index (χ0) is 30.7. The van der Waals surface area contributed by atoms with E-state index in [1.54, 1.807) is 12.4 Å². The topological polar surface area (TPSA) is 90.9 Å². The smallest absolute Gasteiger partial charge is 0.256 e. The summed E-state index contributed by atoms with van der Waals surface area (Å²) in [7, 11) is 2.14. The van der Waals surface area contributed by atoms with Crippen molar-refractivity contribution in [3.8, 4) is 0 Å². The van der Waals surface area contributed by atoms with Gasteiger partial charge in [0.25, 0.3) is 5.91 Å². The average molecular weight is 621 g/mol. The van der Waals surface area contributed by atoms with Crippen LogP contribution in [0.2, 0.25) is 0 Å². The van der Waals surface area contributed by atoms with Crippen LogP contribution < -0.4 is 5.32 Å². The van der Waals surface area contributed by atoms with Crippen molar-refractivity contribution in [1.82, 2.24) is 30.0 Å². The zero-order valence-corrected chi connectivity index (χ0v) is 26.6.